The lowest BCUT2D eigenvalue weighted by Crippen LogP contribution is -2.18. The van der Waals surface area contributed by atoms with Gasteiger partial charge in [0.1, 0.15) is 5.82 Å². The molecule has 0 aliphatic heterocycles. The third-order valence-corrected chi connectivity index (χ3v) is 5.63. The summed E-state index contributed by atoms with van der Waals surface area (Å²) < 4.78 is 1.79. The maximum Gasteiger partial charge on any atom is 0.255 e. The Balaban J connectivity index is 1.84. The van der Waals surface area contributed by atoms with E-state index in [-0.39, 0.29) is 5.56 Å². The smallest absolute Gasteiger partial charge is 0.255 e. The van der Waals surface area contributed by atoms with Crippen LogP contribution < -0.4 is 11.3 Å². The fourth-order valence-corrected chi connectivity index (χ4v) is 3.95. The number of pyridine rings is 3. The average Bonchev–Trinajstić information content (AvgIpc) is 2.79. The molecule has 5 heteroatoms. The molecule has 0 saturated carbocycles. The Bertz CT molecular complexity index is 1480. The van der Waals surface area contributed by atoms with Gasteiger partial charge in [-0.05, 0) is 59.5 Å². The molecule has 3 heterocycles. The Kier molecular flexibility index (Phi) is 4.51. The van der Waals surface area contributed by atoms with E-state index in [1.54, 1.807) is 22.9 Å². The number of rotatable bonds is 3. The summed E-state index contributed by atoms with van der Waals surface area (Å²) in [6.07, 6.45) is 3.58. The molecule has 0 aliphatic carbocycles. The van der Waals surface area contributed by atoms with Crippen molar-refractivity contribution >= 4 is 27.6 Å². The maximum absolute atomic E-state index is 13.1. The van der Waals surface area contributed by atoms with Crippen molar-refractivity contribution in [1.82, 2.24) is 14.5 Å². The molecular formula is C26H22N4O. The van der Waals surface area contributed by atoms with Gasteiger partial charge in [0.15, 0.2) is 0 Å². The van der Waals surface area contributed by atoms with Crippen LogP contribution in [0.25, 0.3) is 38.6 Å². The van der Waals surface area contributed by atoms with Gasteiger partial charge in [-0.15, -0.1) is 0 Å². The summed E-state index contributed by atoms with van der Waals surface area (Å²) >= 11 is 0. The predicted octanol–water partition coefficient (Wildman–Crippen LogP) is 5.31. The number of nitrogen functional groups attached to an aromatic ring is 1. The van der Waals surface area contributed by atoms with E-state index in [1.165, 1.54) is 5.56 Å². The minimum atomic E-state index is -0.0690. The molecule has 31 heavy (non-hydrogen) atoms. The standard InChI is InChI=1S/C26H22N4O/c1-16(2)17-4-3-5-21(12-17)30-25(31)11-8-20-15-28-23-9-6-18(13-22(23)26(20)30)19-7-10-24(27)29-14-19/h3-16H,1-2H3,(H2,27,29). The second kappa shape index (κ2) is 7.36. The lowest BCUT2D eigenvalue weighted by atomic mass is 10.0. The average molecular weight is 406 g/mol. The molecular weight excluding hydrogens is 384 g/mol. The van der Waals surface area contributed by atoms with E-state index in [4.69, 9.17) is 5.73 Å². The first-order valence-corrected chi connectivity index (χ1v) is 10.3. The number of anilines is 1. The highest BCUT2D eigenvalue weighted by Crippen LogP contribution is 2.30. The van der Waals surface area contributed by atoms with Crippen molar-refractivity contribution in [2.24, 2.45) is 0 Å². The Hall–Kier alpha value is -3.99. The lowest BCUT2D eigenvalue weighted by Gasteiger charge is -2.15. The van der Waals surface area contributed by atoms with Crippen molar-refractivity contribution in [3.8, 4) is 16.8 Å². The number of nitrogens with zero attached hydrogens (tertiary/aromatic N) is 3. The third kappa shape index (κ3) is 3.34. The zero-order valence-corrected chi connectivity index (χ0v) is 17.4. The van der Waals surface area contributed by atoms with Crippen LogP contribution in [0.2, 0.25) is 0 Å². The Morgan fingerprint density at radius 3 is 2.48 bits per heavy atom. The minimum absolute atomic E-state index is 0.0690. The molecule has 0 unspecified atom stereocenters. The SMILES string of the molecule is CC(C)c1cccc(-n2c(=O)ccc3cnc4ccc(-c5ccc(N)nc5)cc4c32)c1. The first kappa shape index (κ1) is 19.0. The Labute approximate surface area is 179 Å². The van der Waals surface area contributed by atoms with Gasteiger partial charge in [0, 0.05) is 40.5 Å². The number of aromatic nitrogens is 3. The van der Waals surface area contributed by atoms with Gasteiger partial charge in [-0.2, -0.15) is 0 Å². The molecule has 0 fully saturated rings. The summed E-state index contributed by atoms with van der Waals surface area (Å²) in [6, 6.07) is 21.4. The molecule has 5 rings (SSSR count). The Morgan fingerprint density at radius 1 is 0.871 bits per heavy atom. The summed E-state index contributed by atoms with van der Waals surface area (Å²) in [5.74, 6) is 0.851. The summed E-state index contributed by atoms with van der Waals surface area (Å²) in [4.78, 5) is 21.9. The van der Waals surface area contributed by atoms with Crippen LogP contribution in [0.3, 0.4) is 0 Å². The van der Waals surface area contributed by atoms with Gasteiger partial charge >= 0.3 is 0 Å². The normalized spacial score (nSPS) is 11.5. The molecule has 2 aromatic carbocycles. The fraction of sp³-hybridized carbons (Fsp3) is 0.115. The fourth-order valence-electron chi connectivity index (χ4n) is 3.95. The van der Waals surface area contributed by atoms with Gasteiger partial charge in [-0.3, -0.25) is 14.3 Å². The van der Waals surface area contributed by atoms with Gasteiger partial charge < -0.3 is 5.73 Å². The number of benzene rings is 2. The molecule has 3 aromatic heterocycles. The monoisotopic (exact) mass is 406 g/mol. The second-order valence-electron chi connectivity index (χ2n) is 8.02. The molecule has 5 aromatic rings. The van der Waals surface area contributed by atoms with E-state index in [0.29, 0.717) is 11.7 Å². The van der Waals surface area contributed by atoms with Crippen LogP contribution in [0.5, 0.6) is 0 Å². The van der Waals surface area contributed by atoms with Crippen LogP contribution in [0.1, 0.15) is 25.3 Å². The molecule has 0 aliphatic rings. The van der Waals surface area contributed by atoms with Crippen LogP contribution in [-0.2, 0) is 0 Å². The quantitative estimate of drug-likeness (QED) is 0.412. The van der Waals surface area contributed by atoms with Crippen molar-refractivity contribution < 1.29 is 0 Å². The van der Waals surface area contributed by atoms with Gasteiger partial charge in [0.05, 0.1) is 11.0 Å². The zero-order chi connectivity index (χ0) is 21.5. The molecule has 0 atom stereocenters. The van der Waals surface area contributed by atoms with Crippen LogP contribution in [0, 0.1) is 0 Å². The summed E-state index contributed by atoms with van der Waals surface area (Å²) in [7, 11) is 0. The zero-order valence-electron chi connectivity index (χ0n) is 17.4. The number of hydrogen-bond acceptors (Lipinski definition) is 4. The number of hydrogen-bond donors (Lipinski definition) is 1. The van der Waals surface area contributed by atoms with Gasteiger partial charge in [0.2, 0.25) is 0 Å². The van der Waals surface area contributed by atoms with Gasteiger partial charge in [-0.1, -0.05) is 32.0 Å². The predicted molar refractivity (Wildman–Crippen MR) is 127 cm³/mol. The molecule has 0 bridgehead atoms. The highest BCUT2D eigenvalue weighted by Gasteiger charge is 2.12. The van der Waals surface area contributed by atoms with Crippen molar-refractivity contribution in [1.29, 1.82) is 0 Å². The number of fused-ring (bicyclic) bond motifs is 3. The molecule has 0 amide bonds. The molecule has 0 saturated heterocycles. The molecule has 0 spiro atoms. The second-order valence-corrected chi connectivity index (χ2v) is 8.02. The number of nitrogens with two attached hydrogens (primary N) is 1. The van der Waals surface area contributed by atoms with E-state index < -0.39 is 0 Å². The van der Waals surface area contributed by atoms with Gasteiger partial charge in [0.25, 0.3) is 5.56 Å². The minimum Gasteiger partial charge on any atom is -0.384 e. The molecule has 5 nitrogen and oxygen atoms in total. The van der Waals surface area contributed by atoms with Crippen molar-refractivity contribution in [2.45, 2.75) is 19.8 Å². The van der Waals surface area contributed by atoms with Crippen LogP contribution >= 0.6 is 0 Å². The Morgan fingerprint density at radius 2 is 1.71 bits per heavy atom. The van der Waals surface area contributed by atoms with Crippen LogP contribution in [-0.4, -0.2) is 14.5 Å². The van der Waals surface area contributed by atoms with E-state index in [9.17, 15) is 4.79 Å². The van der Waals surface area contributed by atoms with Crippen molar-refractivity contribution in [3.63, 3.8) is 0 Å². The lowest BCUT2D eigenvalue weighted by molar-refractivity contribution is 0.862. The van der Waals surface area contributed by atoms with E-state index in [1.807, 2.05) is 42.6 Å². The topological polar surface area (TPSA) is 73.8 Å². The van der Waals surface area contributed by atoms with E-state index in [2.05, 4.69) is 42.0 Å². The van der Waals surface area contributed by atoms with E-state index in [0.717, 1.165) is 38.6 Å². The molecule has 152 valence electrons. The first-order chi connectivity index (χ1) is 15.0. The highest BCUT2D eigenvalue weighted by molar-refractivity contribution is 6.05. The van der Waals surface area contributed by atoms with Gasteiger partial charge in [-0.25, -0.2) is 4.98 Å². The largest absolute Gasteiger partial charge is 0.384 e. The third-order valence-electron chi connectivity index (χ3n) is 5.63. The molecule has 2 N–H and O–H groups in total. The van der Waals surface area contributed by atoms with Crippen molar-refractivity contribution in [3.05, 3.63) is 95.0 Å². The first-order valence-electron chi connectivity index (χ1n) is 10.3. The van der Waals surface area contributed by atoms with Crippen LogP contribution in [0.4, 0.5) is 5.82 Å². The molecule has 0 radical (unpaired) electrons. The summed E-state index contributed by atoms with van der Waals surface area (Å²) in [5.41, 5.74) is 11.4. The van der Waals surface area contributed by atoms with Crippen molar-refractivity contribution in [2.75, 3.05) is 5.73 Å². The maximum atomic E-state index is 13.1. The summed E-state index contributed by atoms with van der Waals surface area (Å²) in [5, 5.41) is 1.83. The van der Waals surface area contributed by atoms with Crippen LogP contribution in [0.15, 0.2) is 83.9 Å². The van der Waals surface area contributed by atoms with E-state index >= 15 is 0 Å². The highest BCUT2D eigenvalue weighted by atomic mass is 16.1. The summed E-state index contributed by atoms with van der Waals surface area (Å²) in [6.45, 7) is 4.30.